The second kappa shape index (κ2) is 2.10. The van der Waals surface area contributed by atoms with Crippen LogP contribution in [0.3, 0.4) is 0 Å². The largest absolute Gasteiger partial charge is 0.298 e. The predicted octanol–water partition coefficient (Wildman–Crippen LogP) is 1.17. The van der Waals surface area contributed by atoms with Crippen molar-refractivity contribution >= 4 is 5.78 Å². The minimum atomic E-state index is -0.694. The van der Waals surface area contributed by atoms with Crippen molar-refractivity contribution in [3.05, 3.63) is 0 Å². The summed E-state index contributed by atoms with van der Waals surface area (Å²) in [5.74, 6) is 0.0417. The summed E-state index contributed by atoms with van der Waals surface area (Å²) < 4.78 is 0. The molecule has 1 aliphatic rings. The first kappa shape index (κ1) is 6.75. The molecule has 0 unspecified atom stereocenters. The second-order valence-corrected chi connectivity index (χ2v) is 2.85. The molecule has 51 valence electrons. The van der Waals surface area contributed by atoms with Crippen molar-refractivity contribution < 1.29 is 4.79 Å². The number of hydrogen-bond donors (Lipinski definition) is 0. The van der Waals surface area contributed by atoms with Crippen LogP contribution in [0.1, 0.15) is 32.6 Å². The van der Waals surface area contributed by atoms with Crippen LogP contribution in [-0.2, 0) is 4.79 Å². The van der Waals surface area contributed by atoms with Crippen molar-refractivity contribution in [1.82, 2.24) is 5.73 Å². The molecule has 0 atom stereocenters. The van der Waals surface area contributed by atoms with Gasteiger partial charge in [-0.2, -0.15) is 0 Å². The van der Waals surface area contributed by atoms with Crippen molar-refractivity contribution in [2.75, 3.05) is 0 Å². The highest BCUT2D eigenvalue weighted by Gasteiger charge is 2.34. The summed E-state index contributed by atoms with van der Waals surface area (Å²) in [6.45, 7) is 1.53. The van der Waals surface area contributed by atoms with Gasteiger partial charge in [0, 0.05) is 0 Å². The first-order chi connectivity index (χ1) is 4.15. The van der Waals surface area contributed by atoms with Gasteiger partial charge in [0.1, 0.15) is 0 Å². The SMILES string of the molecule is CC(=O)C1([NH])CCCC1. The minimum Gasteiger partial charge on any atom is -0.298 e. The first-order valence-corrected chi connectivity index (χ1v) is 3.41. The number of ketones is 1. The van der Waals surface area contributed by atoms with Crippen LogP contribution in [0.5, 0.6) is 0 Å². The predicted molar refractivity (Wildman–Crippen MR) is 35.0 cm³/mol. The maximum absolute atomic E-state index is 10.8. The number of Topliss-reactive ketones (excluding diaryl/α,β-unsaturated/α-hetero) is 1. The summed E-state index contributed by atoms with van der Waals surface area (Å²) in [4.78, 5) is 10.8. The smallest absolute Gasteiger partial charge is 0.151 e. The third kappa shape index (κ3) is 1.13. The van der Waals surface area contributed by atoms with E-state index in [1.54, 1.807) is 0 Å². The molecule has 2 heteroatoms. The molecule has 0 heterocycles. The highest BCUT2D eigenvalue weighted by Crippen LogP contribution is 2.28. The molecule has 0 spiro atoms. The summed E-state index contributed by atoms with van der Waals surface area (Å²) in [5.41, 5.74) is 6.89. The summed E-state index contributed by atoms with van der Waals surface area (Å²) in [7, 11) is 0. The molecule has 0 saturated heterocycles. The average molecular weight is 126 g/mol. The van der Waals surface area contributed by atoms with E-state index < -0.39 is 5.54 Å². The molecule has 0 aromatic rings. The van der Waals surface area contributed by atoms with Gasteiger partial charge in [-0.15, -0.1) is 0 Å². The van der Waals surface area contributed by atoms with E-state index in [-0.39, 0.29) is 5.78 Å². The van der Waals surface area contributed by atoms with Gasteiger partial charge in [-0.1, -0.05) is 12.8 Å². The van der Waals surface area contributed by atoms with Crippen molar-refractivity contribution in [1.29, 1.82) is 0 Å². The molecular weight excluding hydrogens is 114 g/mol. The molecule has 0 bridgehead atoms. The zero-order chi connectivity index (χ0) is 6.91. The molecule has 0 aromatic heterocycles. The fraction of sp³-hybridized carbons (Fsp3) is 0.857. The number of hydrogen-bond acceptors (Lipinski definition) is 1. The van der Waals surface area contributed by atoms with E-state index in [1.807, 2.05) is 0 Å². The van der Waals surface area contributed by atoms with Crippen molar-refractivity contribution in [2.45, 2.75) is 38.1 Å². The average Bonchev–Trinajstić information content (AvgIpc) is 2.16. The van der Waals surface area contributed by atoms with Crippen LogP contribution in [-0.4, -0.2) is 11.3 Å². The van der Waals surface area contributed by atoms with Crippen LogP contribution < -0.4 is 5.73 Å². The van der Waals surface area contributed by atoms with E-state index in [2.05, 4.69) is 0 Å². The second-order valence-electron chi connectivity index (χ2n) is 2.85. The monoisotopic (exact) mass is 126 g/mol. The van der Waals surface area contributed by atoms with E-state index in [9.17, 15) is 4.79 Å². The van der Waals surface area contributed by atoms with Gasteiger partial charge < -0.3 is 0 Å². The van der Waals surface area contributed by atoms with Gasteiger partial charge in [-0.25, -0.2) is 5.73 Å². The first-order valence-electron chi connectivity index (χ1n) is 3.41. The van der Waals surface area contributed by atoms with E-state index in [0.717, 1.165) is 25.7 Å². The lowest BCUT2D eigenvalue weighted by Gasteiger charge is -2.16. The summed E-state index contributed by atoms with van der Waals surface area (Å²) in [5, 5.41) is 0. The topological polar surface area (TPSA) is 40.9 Å². The number of rotatable bonds is 1. The Bertz CT molecular complexity index is 125. The Kier molecular flexibility index (Phi) is 1.58. The Morgan fingerprint density at radius 2 is 1.89 bits per heavy atom. The maximum atomic E-state index is 10.8. The van der Waals surface area contributed by atoms with E-state index in [0.29, 0.717) is 0 Å². The molecule has 0 aliphatic heterocycles. The molecule has 0 aromatic carbocycles. The molecule has 1 N–H and O–H groups in total. The molecular formula is C7H12NO. The molecule has 1 fully saturated rings. The molecule has 1 aliphatic carbocycles. The summed E-state index contributed by atoms with van der Waals surface area (Å²) >= 11 is 0. The number of nitrogens with one attached hydrogen (secondary N) is 1. The van der Waals surface area contributed by atoms with Gasteiger partial charge in [0.25, 0.3) is 0 Å². The lowest BCUT2D eigenvalue weighted by atomic mass is 9.95. The lowest BCUT2D eigenvalue weighted by molar-refractivity contribution is -0.122. The van der Waals surface area contributed by atoms with Gasteiger partial charge in [-0.3, -0.25) is 4.79 Å². The van der Waals surface area contributed by atoms with Crippen LogP contribution in [0.2, 0.25) is 0 Å². The third-order valence-corrected chi connectivity index (χ3v) is 2.13. The quantitative estimate of drug-likeness (QED) is 0.520. The van der Waals surface area contributed by atoms with Crippen molar-refractivity contribution in [3.8, 4) is 0 Å². The summed E-state index contributed by atoms with van der Waals surface area (Å²) in [6, 6.07) is 0. The number of carbonyl (C=O) groups is 1. The number of carbonyl (C=O) groups excluding carboxylic acids is 1. The third-order valence-electron chi connectivity index (χ3n) is 2.13. The normalized spacial score (nSPS) is 24.2. The highest BCUT2D eigenvalue weighted by atomic mass is 16.1. The van der Waals surface area contributed by atoms with Gasteiger partial charge in [-0.05, 0) is 19.8 Å². The maximum Gasteiger partial charge on any atom is 0.151 e. The zero-order valence-electron chi connectivity index (χ0n) is 5.74. The van der Waals surface area contributed by atoms with Crippen LogP contribution in [0.25, 0.3) is 0 Å². The van der Waals surface area contributed by atoms with Gasteiger partial charge >= 0.3 is 0 Å². The minimum absolute atomic E-state index is 0.0417. The van der Waals surface area contributed by atoms with E-state index in [1.165, 1.54) is 6.92 Å². The van der Waals surface area contributed by atoms with Gasteiger partial charge in [0.15, 0.2) is 5.78 Å². The Hall–Kier alpha value is -0.370. The van der Waals surface area contributed by atoms with Crippen molar-refractivity contribution in [2.24, 2.45) is 0 Å². The Balaban J connectivity index is 2.61. The van der Waals surface area contributed by atoms with Gasteiger partial charge in [0.05, 0.1) is 5.54 Å². The van der Waals surface area contributed by atoms with Crippen LogP contribution >= 0.6 is 0 Å². The van der Waals surface area contributed by atoms with Gasteiger partial charge in [0.2, 0.25) is 0 Å². The highest BCUT2D eigenvalue weighted by molar-refractivity contribution is 5.85. The summed E-state index contributed by atoms with van der Waals surface area (Å²) in [6.07, 6.45) is 3.68. The Morgan fingerprint density at radius 3 is 2.11 bits per heavy atom. The molecule has 1 rings (SSSR count). The molecule has 1 radical (unpaired) electrons. The lowest BCUT2D eigenvalue weighted by Crippen LogP contribution is -2.34. The van der Waals surface area contributed by atoms with Crippen LogP contribution in [0.15, 0.2) is 0 Å². The van der Waals surface area contributed by atoms with Crippen LogP contribution in [0.4, 0.5) is 0 Å². The Morgan fingerprint density at radius 1 is 1.44 bits per heavy atom. The molecule has 1 saturated carbocycles. The van der Waals surface area contributed by atoms with E-state index >= 15 is 0 Å². The standard InChI is InChI=1S/C7H12NO/c1-6(9)7(8)4-2-3-5-7/h8H,2-5H2,1H3. The molecule has 9 heavy (non-hydrogen) atoms. The van der Waals surface area contributed by atoms with E-state index in [4.69, 9.17) is 5.73 Å². The van der Waals surface area contributed by atoms with Crippen molar-refractivity contribution in [3.63, 3.8) is 0 Å². The fourth-order valence-electron chi connectivity index (χ4n) is 1.33. The Labute approximate surface area is 55.4 Å². The molecule has 0 amide bonds. The fourth-order valence-corrected chi connectivity index (χ4v) is 1.33. The zero-order valence-corrected chi connectivity index (χ0v) is 5.74. The molecule has 2 nitrogen and oxygen atoms in total. The van der Waals surface area contributed by atoms with Crippen LogP contribution in [0, 0.1) is 0 Å².